The summed E-state index contributed by atoms with van der Waals surface area (Å²) in [4.78, 5) is 50.0. The Kier molecular flexibility index (Phi) is 9.95. The highest BCUT2D eigenvalue weighted by Gasteiger charge is 2.80. The van der Waals surface area contributed by atoms with Gasteiger partial charge in [-0.1, -0.05) is 88.9 Å². The first-order chi connectivity index (χ1) is 21.6. The monoisotopic (exact) mass is 619 g/mol. The number of benzene rings is 1. The lowest BCUT2D eigenvalue weighted by Crippen LogP contribution is -2.61. The minimum absolute atomic E-state index is 0.0540. The Bertz CT molecular complexity index is 1260. The zero-order chi connectivity index (χ0) is 32.5. The Balaban J connectivity index is 1.61. The lowest BCUT2D eigenvalue weighted by atomic mass is 9.62. The SMILES string of the molecule is C=CCN(Cc1ccccc1)C(=O)[C@@H]1[C@H]2C(=O)N([C@@H](CO)[C@@H](C)CC)C(C(=O)N(CC=C)C3CCCCC3)C23CC(C)[C@@]1(C)O3. The number of hydrogen-bond donors (Lipinski definition) is 1. The van der Waals surface area contributed by atoms with Gasteiger partial charge in [0.25, 0.3) is 0 Å². The average molecular weight is 620 g/mol. The van der Waals surface area contributed by atoms with Gasteiger partial charge in [0.2, 0.25) is 17.7 Å². The Morgan fingerprint density at radius 2 is 1.78 bits per heavy atom. The molecule has 8 nitrogen and oxygen atoms in total. The van der Waals surface area contributed by atoms with Crippen LogP contribution in [0.4, 0.5) is 0 Å². The molecule has 3 heterocycles. The number of ether oxygens (including phenoxy) is 1. The molecular formula is C37H53N3O5. The van der Waals surface area contributed by atoms with E-state index in [9.17, 15) is 14.7 Å². The number of nitrogens with zero attached hydrogens (tertiary/aromatic N) is 3. The summed E-state index contributed by atoms with van der Waals surface area (Å²) >= 11 is 0. The van der Waals surface area contributed by atoms with Gasteiger partial charge < -0.3 is 24.5 Å². The molecule has 1 aromatic carbocycles. The van der Waals surface area contributed by atoms with E-state index in [2.05, 4.69) is 20.1 Å². The lowest BCUT2D eigenvalue weighted by molar-refractivity contribution is -0.160. The highest BCUT2D eigenvalue weighted by molar-refractivity contribution is 5.99. The number of likely N-dealkylation sites (tertiary alicyclic amines) is 1. The first-order valence-electron chi connectivity index (χ1n) is 17.1. The maximum atomic E-state index is 15.0. The number of aliphatic hydroxyl groups is 1. The van der Waals surface area contributed by atoms with Crippen molar-refractivity contribution in [2.45, 2.75) is 109 Å². The molecule has 1 saturated carbocycles. The third-order valence-corrected chi connectivity index (χ3v) is 11.6. The third-order valence-electron chi connectivity index (χ3n) is 11.6. The van der Waals surface area contributed by atoms with Crippen LogP contribution in [0.3, 0.4) is 0 Å². The van der Waals surface area contributed by atoms with Crippen LogP contribution in [-0.4, -0.2) is 86.6 Å². The standard InChI is InChI=1S/C37H53N3O5/c1-7-20-38(23-27-16-12-10-13-17-27)33(42)30-31-34(43)40(29(24-41)25(4)9-3)32(37(31)22-26(5)36(30,6)45-37)35(44)39(21-8-2)28-18-14-11-15-19-28/h7-8,10,12-13,16-17,25-26,28-32,41H,1-2,9,11,14-15,18-24H2,3-6H3/t25-,26?,29-,30-,31-,32?,36+,37?/m0/s1. The molecule has 3 amide bonds. The highest BCUT2D eigenvalue weighted by atomic mass is 16.5. The molecule has 0 aromatic heterocycles. The number of carbonyl (C=O) groups is 3. The van der Waals surface area contributed by atoms with Gasteiger partial charge in [0.1, 0.15) is 11.6 Å². The molecule has 1 aromatic rings. The van der Waals surface area contributed by atoms with Crippen LogP contribution in [0, 0.1) is 23.7 Å². The number of carbonyl (C=O) groups excluding carboxylic acids is 3. The van der Waals surface area contributed by atoms with Gasteiger partial charge in [-0.25, -0.2) is 0 Å². The van der Waals surface area contributed by atoms with E-state index in [-0.39, 0.29) is 42.2 Å². The molecule has 246 valence electrons. The fourth-order valence-electron chi connectivity index (χ4n) is 9.00. The first-order valence-corrected chi connectivity index (χ1v) is 17.1. The van der Waals surface area contributed by atoms with Crippen molar-refractivity contribution in [3.8, 4) is 0 Å². The molecule has 3 saturated heterocycles. The van der Waals surface area contributed by atoms with Crippen LogP contribution in [0.1, 0.15) is 78.2 Å². The second-order valence-corrected chi connectivity index (χ2v) is 14.1. The Hall–Kier alpha value is -2.97. The Labute approximate surface area is 269 Å². The van der Waals surface area contributed by atoms with Crippen molar-refractivity contribution >= 4 is 17.7 Å². The van der Waals surface area contributed by atoms with Gasteiger partial charge in [0.05, 0.1) is 30.1 Å². The van der Waals surface area contributed by atoms with E-state index >= 15 is 4.79 Å². The summed E-state index contributed by atoms with van der Waals surface area (Å²) in [5, 5.41) is 10.8. The zero-order valence-corrected chi connectivity index (χ0v) is 27.7. The van der Waals surface area contributed by atoms with Crippen LogP contribution in [0.25, 0.3) is 0 Å². The first kappa shape index (κ1) is 33.4. The van der Waals surface area contributed by atoms with Gasteiger partial charge in [0, 0.05) is 25.7 Å². The summed E-state index contributed by atoms with van der Waals surface area (Å²) in [5.74, 6) is -2.25. The minimum Gasteiger partial charge on any atom is -0.394 e. The summed E-state index contributed by atoms with van der Waals surface area (Å²) < 4.78 is 7.06. The van der Waals surface area contributed by atoms with Gasteiger partial charge >= 0.3 is 0 Å². The van der Waals surface area contributed by atoms with Crippen molar-refractivity contribution in [2.75, 3.05) is 19.7 Å². The molecular weight excluding hydrogens is 566 g/mol. The lowest BCUT2D eigenvalue weighted by Gasteiger charge is -2.43. The van der Waals surface area contributed by atoms with Crippen LogP contribution >= 0.6 is 0 Å². The quantitative estimate of drug-likeness (QED) is 0.315. The van der Waals surface area contributed by atoms with Gasteiger partial charge in [-0.05, 0) is 43.6 Å². The molecule has 5 rings (SSSR count). The third kappa shape index (κ3) is 5.56. The molecule has 1 N–H and O–H groups in total. The zero-order valence-electron chi connectivity index (χ0n) is 27.7. The molecule has 3 aliphatic heterocycles. The topological polar surface area (TPSA) is 90.4 Å². The molecule has 8 heteroatoms. The maximum Gasteiger partial charge on any atom is 0.248 e. The molecule has 3 unspecified atom stereocenters. The van der Waals surface area contributed by atoms with Gasteiger partial charge in [0.15, 0.2) is 0 Å². The summed E-state index contributed by atoms with van der Waals surface area (Å²) in [7, 11) is 0. The van der Waals surface area contributed by atoms with Gasteiger partial charge in [-0.15, -0.1) is 13.2 Å². The predicted octanol–water partition coefficient (Wildman–Crippen LogP) is 4.97. The molecule has 45 heavy (non-hydrogen) atoms. The van der Waals surface area contributed by atoms with E-state index in [1.807, 2.05) is 56.0 Å². The van der Waals surface area contributed by atoms with E-state index < -0.39 is 35.1 Å². The second-order valence-electron chi connectivity index (χ2n) is 14.1. The van der Waals surface area contributed by atoms with Crippen LogP contribution in [0.5, 0.6) is 0 Å². The average Bonchev–Trinajstić information content (AvgIpc) is 3.56. The minimum atomic E-state index is -1.16. The molecule has 4 fully saturated rings. The molecule has 2 bridgehead atoms. The normalized spacial score (nSPS) is 32.2. The van der Waals surface area contributed by atoms with Crippen molar-refractivity contribution in [1.82, 2.24) is 14.7 Å². The van der Waals surface area contributed by atoms with E-state index in [4.69, 9.17) is 4.74 Å². The fourth-order valence-corrected chi connectivity index (χ4v) is 9.00. The van der Waals surface area contributed by atoms with Gasteiger partial charge in [-0.3, -0.25) is 14.4 Å². The smallest absolute Gasteiger partial charge is 0.248 e. The van der Waals surface area contributed by atoms with Crippen LogP contribution in [-0.2, 0) is 25.7 Å². The van der Waals surface area contributed by atoms with Crippen molar-refractivity contribution in [2.24, 2.45) is 23.7 Å². The molecule has 0 radical (unpaired) electrons. The fraction of sp³-hybridized carbons (Fsp3) is 0.649. The van der Waals surface area contributed by atoms with E-state index in [0.29, 0.717) is 26.1 Å². The second kappa shape index (κ2) is 13.4. The van der Waals surface area contributed by atoms with Gasteiger partial charge in [-0.2, -0.15) is 0 Å². The van der Waals surface area contributed by atoms with Crippen molar-refractivity contribution in [1.29, 1.82) is 0 Å². The molecule has 4 aliphatic rings. The summed E-state index contributed by atoms with van der Waals surface area (Å²) in [5.41, 5.74) is -1.09. The Morgan fingerprint density at radius 1 is 1.11 bits per heavy atom. The number of amides is 3. The van der Waals surface area contributed by atoms with E-state index in [1.54, 1.807) is 22.0 Å². The number of hydrogen-bond acceptors (Lipinski definition) is 5. The number of rotatable bonds is 13. The predicted molar refractivity (Wildman–Crippen MR) is 175 cm³/mol. The van der Waals surface area contributed by atoms with E-state index in [1.165, 1.54) is 0 Å². The molecule has 1 aliphatic carbocycles. The van der Waals surface area contributed by atoms with E-state index in [0.717, 1.165) is 44.1 Å². The largest absolute Gasteiger partial charge is 0.394 e. The highest BCUT2D eigenvalue weighted by Crippen LogP contribution is 2.66. The van der Waals surface area contributed by atoms with Crippen LogP contribution < -0.4 is 0 Å². The molecule has 8 atom stereocenters. The summed E-state index contributed by atoms with van der Waals surface area (Å²) in [6.45, 7) is 16.8. The van der Waals surface area contributed by atoms with Crippen molar-refractivity contribution in [3.05, 3.63) is 61.2 Å². The number of fused-ring (bicyclic) bond motifs is 1. The maximum absolute atomic E-state index is 15.0. The van der Waals surface area contributed by atoms with Crippen molar-refractivity contribution in [3.63, 3.8) is 0 Å². The summed E-state index contributed by atoms with van der Waals surface area (Å²) in [6, 6.07) is 8.39. The van der Waals surface area contributed by atoms with Crippen molar-refractivity contribution < 1.29 is 24.2 Å². The molecule has 1 spiro atoms. The van der Waals surface area contributed by atoms with Crippen LogP contribution in [0.2, 0.25) is 0 Å². The number of aliphatic hydroxyl groups excluding tert-OH is 1. The van der Waals surface area contributed by atoms with Crippen LogP contribution in [0.15, 0.2) is 55.6 Å². The summed E-state index contributed by atoms with van der Waals surface area (Å²) in [6.07, 6.45) is 9.81. The Morgan fingerprint density at radius 3 is 2.38 bits per heavy atom.